The minimum Gasteiger partial charge on any atom is -0.466 e. The predicted molar refractivity (Wildman–Crippen MR) is 209 cm³/mol. The predicted octanol–water partition coefficient (Wildman–Crippen LogP) is 12.1. The van der Waals surface area contributed by atoms with Gasteiger partial charge in [0.2, 0.25) is 0 Å². The maximum atomic E-state index is 12.5. The minimum atomic E-state index is -0.0137. The molecule has 292 valence electrons. The smallest absolute Gasteiger partial charge is 0.306 e. The number of carbonyl (C=O) groups excluding carboxylic acids is 2. The van der Waals surface area contributed by atoms with Gasteiger partial charge in [-0.2, -0.15) is 0 Å². The highest BCUT2D eigenvalue weighted by molar-refractivity contribution is 5.69. The second kappa shape index (κ2) is 38.1. The number of aliphatic hydroxyl groups is 1. The molecular weight excluding hydrogens is 610 g/mol. The fraction of sp³-hybridized carbons (Fsp3) is 0.953. The molecule has 0 aliphatic heterocycles. The van der Waals surface area contributed by atoms with Crippen LogP contribution in [0, 0.1) is 5.92 Å². The highest BCUT2D eigenvalue weighted by Gasteiger charge is 2.14. The van der Waals surface area contributed by atoms with Crippen molar-refractivity contribution in [2.45, 2.75) is 226 Å². The van der Waals surface area contributed by atoms with E-state index in [1.807, 2.05) is 0 Å². The lowest BCUT2D eigenvalue weighted by molar-refractivity contribution is -0.150. The molecule has 0 unspecified atom stereocenters. The summed E-state index contributed by atoms with van der Waals surface area (Å²) >= 11 is 0. The third-order valence-corrected chi connectivity index (χ3v) is 10.1. The van der Waals surface area contributed by atoms with Gasteiger partial charge >= 0.3 is 11.9 Å². The van der Waals surface area contributed by atoms with E-state index in [1.54, 1.807) is 0 Å². The zero-order valence-corrected chi connectivity index (χ0v) is 33.4. The molecule has 0 radical (unpaired) electrons. The molecule has 0 bridgehead atoms. The van der Waals surface area contributed by atoms with E-state index in [2.05, 4.69) is 32.6 Å². The van der Waals surface area contributed by atoms with Gasteiger partial charge in [-0.1, -0.05) is 143 Å². The van der Waals surface area contributed by atoms with Crippen LogP contribution >= 0.6 is 0 Å². The summed E-state index contributed by atoms with van der Waals surface area (Å²) in [5.74, 6) is 0.700. The van der Waals surface area contributed by atoms with Gasteiger partial charge < -0.3 is 19.5 Å². The Labute approximate surface area is 305 Å². The molecule has 49 heavy (non-hydrogen) atoms. The highest BCUT2D eigenvalue weighted by Crippen LogP contribution is 2.21. The van der Waals surface area contributed by atoms with Crippen LogP contribution in [0.15, 0.2) is 0 Å². The van der Waals surface area contributed by atoms with Crippen molar-refractivity contribution in [2.24, 2.45) is 5.92 Å². The number of rotatable bonds is 39. The Hall–Kier alpha value is -1.14. The lowest BCUT2D eigenvalue weighted by atomic mass is 9.92. The molecule has 0 aliphatic carbocycles. The van der Waals surface area contributed by atoms with Crippen LogP contribution in [0.1, 0.15) is 220 Å². The molecule has 0 aliphatic rings. The maximum Gasteiger partial charge on any atom is 0.306 e. The summed E-state index contributed by atoms with van der Waals surface area (Å²) in [6.07, 6.45) is 33.7. The first kappa shape index (κ1) is 47.9. The summed E-state index contributed by atoms with van der Waals surface area (Å²) in [6.45, 7) is 12.9. The first-order valence-electron chi connectivity index (χ1n) is 21.7. The van der Waals surface area contributed by atoms with E-state index in [0.29, 0.717) is 25.4 Å². The second-order valence-corrected chi connectivity index (χ2v) is 14.9. The molecule has 0 saturated heterocycles. The van der Waals surface area contributed by atoms with E-state index in [-0.39, 0.29) is 24.6 Å². The van der Waals surface area contributed by atoms with Crippen LogP contribution < -0.4 is 0 Å². The van der Waals surface area contributed by atoms with Crippen molar-refractivity contribution in [1.82, 2.24) is 4.90 Å². The Morgan fingerprint density at radius 3 is 1.41 bits per heavy atom. The lowest BCUT2D eigenvalue weighted by Crippen LogP contribution is -2.27. The Balaban J connectivity index is 4.02. The number of hydrogen-bond donors (Lipinski definition) is 1. The van der Waals surface area contributed by atoms with Crippen LogP contribution in [0.25, 0.3) is 0 Å². The lowest BCUT2D eigenvalue weighted by Gasteiger charge is -2.22. The monoisotopic (exact) mass is 696 g/mol. The summed E-state index contributed by atoms with van der Waals surface area (Å²) in [6, 6.07) is 0. The average molecular weight is 696 g/mol. The fourth-order valence-electron chi connectivity index (χ4n) is 6.86. The molecule has 0 heterocycles. The number of esters is 2. The van der Waals surface area contributed by atoms with Gasteiger partial charge in [0.05, 0.1) is 6.61 Å². The molecular formula is C43H85NO5. The van der Waals surface area contributed by atoms with Crippen molar-refractivity contribution in [3.05, 3.63) is 0 Å². The molecule has 0 amide bonds. The van der Waals surface area contributed by atoms with E-state index in [9.17, 15) is 14.7 Å². The van der Waals surface area contributed by atoms with Crippen LogP contribution in [0.4, 0.5) is 0 Å². The molecule has 0 rings (SSSR count). The molecule has 6 heteroatoms. The van der Waals surface area contributed by atoms with Gasteiger partial charge in [-0.3, -0.25) is 9.59 Å². The molecule has 6 nitrogen and oxygen atoms in total. The molecule has 0 aromatic heterocycles. The number of carbonyl (C=O) groups is 2. The van der Waals surface area contributed by atoms with E-state index < -0.39 is 0 Å². The van der Waals surface area contributed by atoms with Gasteiger partial charge in [-0.05, 0) is 83.2 Å². The quantitative estimate of drug-likeness (QED) is 0.0509. The van der Waals surface area contributed by atoms with Crippen LogP contribution in [0.3, 0.4) is 0 Å². The Kier molecular flexibility index (Phi) is 37.2. The number of nitrogens with zero attached hydrogens (tertiary/aromatic N) is 1. The Bertz CT molecular complexity index is 682. The van der Waals surface area contributed by atoms with Crippen molar-refractivity contribution in [3.8, 4) is 0 Å². The maximum absolute atomic E-state index is 12.5. The molecule has 0 aromatic rings. The number of aliphatic hydroxyl groups excluding tert-OH is 1. The van der Waals surface area contributed by atoms with Crippen molar-refractivity contribution >= 4 is 11.9 Å². The summed E-state index contributed by atoms with van der Waals surface area (Å²) in [5, 5.41) is 9.37. The van der Waals surface area contributed by atoms with E-state index in [4.69, 9.17) is 9.47 Å². The molecule has 0 saturated carbocycles. The zero-order valence-electron chi connectivity index (χ0n) is 33.4. The van der Waals surface area contributed by atoms with E-state index >= 15 is 0 Å². The summed E-state index contributed by atoms with van der Waals surface area (Å²) in [4.78, 5) is 27.3. The van der Waals surface area contributed by atoms with Crippen LogP contribution in [-0.2, 0) is 19.1 Å². The molecule has 0 fully saturated rings. The van der Waals surface area contributed by atoms with Crippen molar-refractivity contribution in [3.63, 3.8) is 0 Å². The van der Waals surface area contributed by atoms with Crippen LogP contribution in [0.2, 0.25) is 0 Å². The Morgan fingerprint density at radius 2 is 0.918 bits per heavy atom. The van der Waals surface area contributed by atoms with Crippen molar-refractivity contribution < 1.29 is 24.2 Å². The standard InChI is InChI=1S/C43H85NO5/c1-5-9-19-28-40(29-20-10-6-2)34-39-48-42(46)32-23-15-13-17-25-35-44(37-27-38-45)36-26-18-14-16-24-33-43(47)49-41(30-21-11-7-3)31-22-12-8-4/h40-41,45H,5-39H2,1-4H3. The van der Waals surface area contributed by atoms with Gasteiger partial charge in [-0.15, -0.1) is 0 Å². The molecule has 0 atom stereocenters. The molecule has 1 N–H and O–H groups in total. The Morgan fingerprint density at radius 1 is 0.490 bits per heavy atom. The largest absolute Gasteiger partial charge is 0.466 e. The number of hydrogen-bond acceptors (Lipinski definition) is 6. The highest BCUT2D eigenvalue weighted by atomic mass is 16.5. The minimum absolute atomic E-state index is 0.00259. The SMILES string of the molecule is CCCCCC(CCCCC)CCOC(=O)CCCCCCCN(CCCO)CCCCCCCC(=O)OC(CCCCC)CCCCC. The first-order chi connectivity index (χ1) is 24.0. The van der Waals surface area contributed by atoms with Crippen molar-refractivity contribution in [2.75, 3.05) is 32.8 Å². The zero-order chi connectivity index (χ0) is 36.0. The second-order valence-electron chi connectivity index (χ2n) is 14.9. The van der Waals surface area contributed by atoms with E-state index in [0.717, 1.165) is 83.8 Å². The van der Waals surface area contributed by atoms with Crippen LogP contribution in [0.5, 0.6) is 0 Å². The summed E-state index contributed by atoms with van der Waals surface area (Å²) < 4.78 is 11.5. The molecule has 0 spiro atoms. The first-order valence-corrected chi connectivity index (χ1v) is 21.7. The van der Waals surface area contributed by atoms with Gasteiger partial charge in [0.1, 0.15) is 6.10 Å². The van der Waals surface area contributed by atoms with Gasteiger partial charge in [-0.25, -0.2) is 0 Å². The third kappa shape index (κ3) is 33.7. The van der Waals surface area contributed by atoms with Gasteiger partial charge in [0.25, 0.3) is 0 Å². The van der Waals surface area contributed by atoms with Gasteiger partial charge in [0.15, 0.2) is 0 Å². The normalized spacial score (nSPS) is 11.7. The third-order valence-electron chi connectivity index (χ3n) is 10.1. The average Bonchev–Trinajstić information content (AvgIpc) is 3.09. The fourth-order valence-corrected chi connectivity index (χ4v) is 6.86. The summed E-state index contributed by atoms with van der Waals surface area (Å²) in [5.41, 5.74) is 0. The topological polar surface area (TPSA) is 76.1 Å². The van der Waals surface area contributed by atoms with E-state index in [1.165, 1.54) is 116 Å². The molecule has 0 aromatic carbocycles. The number of ether oxygens (including phenoxy) is 2. The van der Waals surface area contributed by atoms with Crippen molar-refractivity contribution in [1.29, 1.82) is 0 Å². The number of unbranched alkanes of at least 4 members (excludes halogenated alkanes) is 16. The summed E-state index contributed by atoms with van der Waals surface area (Å²) in [7, 11) is 0. The van der Waals surface area contributed by atoms with Crippen LogP contribution in [-0.4, -0.2) is 60.9 Å². The van der Waals surface area contributed by atoms with Gasteiger partial charge in [0, 0.05) is 26.0 Å².